The van der Waals surface area contributed by atoms with Crippen LogP contribution < -0.4 is 10.7 Å². The van der Waals surface area contributed by atoms with E-state index in [-0.39, 0.29) is 11.3 Å². The van der Waals surface area contributed by atoms with Crippen molar-refractivity contribution >= 4 is 28.8 Å². The van der Waals surface area contributed by atoms with Gasteiger partial charge in [0, 0.05) is 23.2 Å². The average Bonchev–Trinajstić information content (AvgIpc) is 3.08. The first-order valence-corrected chi connectivity index (χ1v) is 11.0. The van der Waals surface area contributed by atoms with Gasteiger partial charge in [0.2, 0.25) is 0 Å². The van der Waals surface area contributed by atoms with E-state index in [1.807, 2.05) is 42.5 Å². The first kappa shape index (κ1) is 25.0. The Labute approximate surface area is 195 Å². The second kappa shape index (κ2) is 11.0. The fourth-order valence-electron chi connectivity index (χ4n) is 3.69. The topological polar surface area (TPSA) is 64.0 Å². The largest absolute Gasteiger partial charge is 0.417 e. The van der Waals surface area contributed by atoms with Crippen LogP contribution in [0.2, 0.25) is 0 Å². The van der Waals surface area contributed by atoms with Crippen LogP contribution in [0, 0.1) is 0 Å². The highest BCUT2D eigenvalue weighted by Gasteiger charge is 2.35. The van der Waals surface area contributed by atoms with Crippen molar-refractivity contribution in [1.29, 1.82) is 0 Å². The normalized spacial score (nSPS) is 15.2. The summed E-state index contributed by atoms with van der Waals surface area (Å²) in [4.78, 5) is 26.2. The van der Waals surface area contributed by atoms with Crippen LogP contribution in [0.5, 0.6) is 0 Å². The molecule has 4 rings (SSSR count). The van der Waals surface area contributed by atoms with Crippen LogP contribution in [-0.4, -0.2) is 15.8 Å². The summed E-state index contributed by atoms with van der Waals surface area (Å²) in [5.41, 5.74) is 0.00476. The van der Waals surface area contributed by atoms with Gasteiger partial charge in [-0.3, -0.25) is 9.36 Å². The minimum absolute atomic E-state index is 0.00624. The number of aromatic nitrogens is 2. The predicted octanol–water partition coefficient (Wildman–Crippen LogP) is 6.19. The van der Waals surface area contributed by atoms with E-state index in [1.54, 1.807) is 17.6 Å². The standard InChI is InChI=1S/C24H22F3N3O.C2H4O/c1-2-16-14-19(24(25,26)27)22-20(31)15-21(28-17-10-6-5-7-11-17)30(23(22)29-16)18-12-8-3-4-9-13-18;1-2-3/h3,6,8-15,28H,2,4-5,7H2,1H3;2H,1H3. The summed E-state index contributed by atoms with van der Waals surface area (Å²) in [6.45, 7) is 3.18. The zero-order valence-electron chi connectivity index (χ0n) is 19.0. The van der Waals surface area contributed by atoms with Gasteiger partial charge < -0.3 is 10.1 Å². The molecule has 8 heteroatoms. The highest BCUT2D eigenvalue weighted by molar-refractivity contribution is 5.87. The third-order valence-corrected chi connectivity index (χ3v) is 5.18. The summed E-state index contributed by atoms with van der Waals surface area (Å²) in [6.07, 6.45) is 14.1. The van der Waals surface area contributed by atoms with Crippen molar-refractivity contribution in [2.24, 2.45) is 0 Å². The number of allylic oxidation sites excluding steroid dienone is 9. The van der Waals surface area contributed by atoms with Gasteiger partial charge in [0.1, 0.15) is 12.1 Å². The van der Waals surface area contributed by atoms with Crippen molar-refractivity contribution in [3.05, 3.63) is 87.9 Å². The molecule has 0 aliphatic heterocycles. The number of hydrogen-bond donors (Lipinski definition) is 1. The van der Waals surface area contributed by atoms with E-state index < -0.39 is 22.6 Å². The number of anilines is 1. The van der Waals surface area contributed by atoms with Gasteiger partial charge in [-0.25, -0.2) is 4.98 Å². The lowest BCUT2D eigenvalue weighted by Gasteiger charge is -2.21. The molecule has 0 saturated heterocycles. The number of pyridine rings is 2. The number of hydrogen-bond acceptors (Lipinski definition) is 4. The molecule has 2 aromatic rings. The molecule has 0 atom stereocenters. The van der Waals surface area contributed by atoms with Crippen molar-refractivity contribution in [3.8, 4) is 0 Å². The van der Waals surface area contributed by atoms with Crippen LogP contribution in [0.3, 0.4) is 0 Å². The van der Waals surface area contributed by atoms with E-state index in [0.29, 0.717) is 24.4 Å². The Morgan fingerprint density at radius 2 is 1.91 bits per heavy atom. The number of aryl methyl sites for hydroxylation is 1. The van der Waals surface area contributed by atoms with E-state index in [9.17, 15) is 18.0 Å². The molecule has 2 aliphatic rings. The summed E-state index contributed by atoms with van der Waals surface area (Å²) in [5.74, 6) is 0.371. The van der Waals surface area contributed by atoms with Gasteiger partial charge in [-0.2, -0.15) is 13.2 Å². The van der Waals surface area contributed by atoms with E-state index in [2.05, 4.69) is 10.3 Å². The van der Waals surface area contributed by atoms with Crippen LogP contribution in [-0.2, 0) is 17.4 Å². The van der Waals surface area contributed by atoms with Crippen LogP contribution in [0.4, 0.5) is 19.0 Å². The number of nitrogens with zero attached hydrogens (tertiary/aromatic N) is 2. The Hall–Kier alpha value is -3.68. The maximum Gasteiger partial charge on any atom is 0.417 e. The molecule has 2 heterocycles. The van der Waals surface area contributed by atoms with E-state index in [4.69, 9.17) is 4.79 Å². The molecule has 5 nitrogen and oxygen atoms in total. The molecule has 0 unspecified atom stereocenters. The Morgan fingerprint density at radius 3 is 2.56 bits per heavy atom. The summed E-state index contributed by atoms with van der Waals surface area (Å²) < 4.78 is 43.2. The van der Waals surface area contributed by atoms with Gasteiger partial charge in [-0.05, 0) is 56.9 Å². The third kappa shape index (κ3) is 5.62. The van der Waals surface area contributed by atoms with Crippen LogP contribution in [0.25, 0.3) is 16.7 Å². The van der Waals surface area contributed by atoms with Gasteiger partial charge in [-0.1, -0.05) is 37.3 Å². The molecule has 1 N–H and O–H groups in total. The maximum absolute atomic E-state index is 13.9. The van der Waals surface area contributed by atoms with Gasteiger partial charge in [-0.15, -0.1) is 0 Å². The predicted molar refractivity (Wildman–Crippen MR) is 129 cm³/mol. The Kier molecular flexibility index (Phi) is 8.04. The molecule has 178 valence electrons. The smallest absolute Gasteiger partial charge is 0.341 e. The van der Waals surface area contributed by atoms with Crippen LogP contribution >= 0.6 is 0 Å². The van der Waals surface area contributed by atoms with Crippen molar-refractivity contribution < 1.29 is 18.0 Å². The first-order valence-electron chi connectivity index (χ1n) is 11.0. The zero-order chi connectivity index (χ0) is 24.7. The molecular weight excluding hydrogens is 443 g/mol. The quantitative estimate of drug-likeness (QED) is 0.543. The molecule has 2 aliphatic carbocycles. The first-order chi connectivity index (χ1) is 16.3. The molecule has 0 radical (unpaired) electrons. The lowest BCUT2D eigenvalue weighted by atomic mass is 10.1. The minimum Gasteiger partial charge on any atom is -0.341 e. The van der Waals surface area contributed by atoms with E-state index in [0.717, 1.165) is 30.9 Å². The number of nitrogens with one attached hydrogen (secondary N) is 1. The molecule has 34 heavy (non-hydrogen) atoms. The molecule has 2 aromatic heterocycles. The molecular formula is C26H26F3N3O2. The van der Waals surface area contributed by atoms with Crippen molar-refractivity contribution in [2.75, 3.05) is 5.32 Å². The molecule has 0 saturated carbocycles. The summed E-state index contributed by atoms with van der Waals surface area (Å²) in [7, 11) is 0. The summed E-state index contributed by atoms with van der Waals surface area (Å²) in [6, 6.07) is 2.20. The van der Waals surface area contributed by atoms with Gasteiger partial charge in [0.05, 0.1) is 10.9 Å². The summed E-state index contributed by atoms with van der Waals surface area (Å²) in [5, 5.41) is 2.79. The number of alkyl halides is 3. The number of halogens is 3. The van der Waals surface area contributed by atoms with Crippen LogP contribution in [0.15, 0.2) is 71.2 Å². The third-order valence-electron chi connectivity index (χ3n) is 5.18. The van der Waals surface area contributed by atoms with Crippen molar-refractivity contribution in [3.63, 3.8) is 0 Å². The minimum atomic E-state index is -4.67. The highest BCUT2D eigenvalue weighted by atomic mass is 19.4. The Balaban J connectivity index is 0.00000103. The Bertz CT molecular complexity index is 1280. The van der Waals surface area contributed by atoms with Crippen LogP contribution in [0.1, 0.15) is 44.4 Å². The zero-order valence-corrected chi connectivity index (χ0v) is 19.0. The number of fused-ring (bicyclic) bond motifs is 1. The fraction of sp³-hybridized carbons (Fsp3) is 0.269. The molecule has 0 aromatic carbocycles. The fourth-order valence-corrected chi connectivity index (χ4v) is 3.69. The summed E-state index contributed by atoms with van der Waals surface area (Å²) >= 11 is 0. The van der Waals surface area contributed by atoms with E-state index >= 15 is 0 Å². The average molecular weight is 470 g/mol. The van der Waals surface area contributed by atoms with Gasteiger partial charge in [0.15, 0.2) is 11.1 Å². The highest BCUT2D eigenvalue weighted by Crippen LogP contribution is 2.35. The van der Waals surface area contributed by atoms with Gasteiger partial charge in [0.25, 0.3) is 0 Å². The number of aldehydes is 1. The second-order valence-corrected chi connectivity index (χ2v) is 7.60. The lowest BCUT2D eigenvalue weighted by molar-refractivity contribution is -0.136. The Morgan fingerprint density at radius 1 is 1.15 bits per heavy atom. The van der Waals surface area contributed by atoms with Crippen molar-refractivity contribution in [1.82, 2.24) is 9.55 Å². The van der Waals surface area contributed by atoms with Crippen molar-refractivity contribution in [2.45, 2.75) is 45.7 Å². The number of carbonyl (C=O) groups is 1. The second-order valence-electron chi connectivity index (χ2n) is 7.60. The number of rotatable bonds is 4. The molecule has 0 spiro atoms. The molecule has 0 fully saturated rings. The monoisotopic (exact) mass is 469 g/mol. The SMILES string of the molecule is CC=O.CCc1cc(C(F)(F)F)c2c(=O)cc(NC3=CCCC=C3)n(C3=CC=CCC=C3)c2n1. The van der Waals surface area contributed by atoms with E-state index in [1.165, 1.54) is 13.0 Å². The molecule has 0 bridgehead atoms. The van der Waals surface area contributed by atoms with Gasteiger partial charge >= 0.3 is 6.18 Å². The number of carbonyl (C=O) groups excluding carboxylic acids is 1. The molecule has 0 amide bonds. The lowest BCUT2D eigenvalue weighted by Crippen LogP contribution is -2.20. The maximum atomic E-state index is 13.9.